The van der Waals surface area contributed by atoms with E-state index in [-0.39, 0.29) is 11.6 Å². The van der Waals surface area contributed by atoms with Crippen molar-refractivity contribution in [2.24, 2.45) is 5.73 Å². The zero-order valence-electron chi connectivity index (χ0n) is 11.6. The zero-order valence-corrected chi connectivity index (χ0v) is 11.6. The summed E-state index contributed by atoms with van der Waals surface area (Å²) >= 11 is 0. The summed E-state index contributed by atoms with van der Waals surface area (Å²) < 4.78 is 7.99. The molecule has 1 aliphatic carbocycles. The number of methoxy groups -OCH3 is 1. The van der Waals surface area contributed by atoms with Gasteiger partial charge in [-0.15, -0.1) is 0 Å². The Morgan fingerprint density at radius 2 is 2.17 bits per heavy atom. The topological polar surface area (TPSA) is 53.1 Å². The van der Waals surface area contributed by atoms with Gasteiger partial charge in [-0.3, -0.25) is 0 Å². The number of nitrogens with zero attached hydrogens (tertiary/aromatic N) is 2. The Bertz CT molecular complexity index is 369. The minimum absolute atomic E-state index is 0.121. The monoisotopic (exact) mass is 251 g/mol. The van der Waals surface area contributed by atoms with Crippen LogP contribution in [0.15, 0.2) is 12.4 Å². The Labute approximate surface area is 110 Å². The molecule has 1 aromatic heterocycles. The summed E-state index contributed by atoms with van der Waals surface area (Å²) in [7, 11) is 1.79. The van der Waals surface area contributed by atoms with Crippen molar-refractivity contribution in [1.82, 2.24) is 9.55 Å². The van der Waals surface area contributed by atoms with Gasteiger partial charge in [-0.25, -0.2) is 4.98 Å². The standard InChI is InChI=1S/C14H25N3O/c1-3-10-17-11-9-16-13(17)12(15)14(18-2)7-5-4-6-8-14/h9,11-12H,3-8,10,15H2,1-2H3. The molecular weight excluding hydrogens is 226 g/mol. The second-order valence-electron chi connectivity index (χ2n) is 5.29. The van der Waals surface area contributed by atoms with Crippen LogP contribution in [0, 0.1) is 0 Å². The molecule has 0 bridgehead atoms. The van der Waals surface area contributed by atoms with E-state index in [2.05, 4.69) is 16.5 Å². The van der Waals surface area contributed by atoms with Crippen LogP contribution in [0.4, 0.5) is 0 Å². The summed E-state index contributed by atoms with van der Waals surface area (Å²) in [4.78, 5) is 4.46. The number of ether oxygens (including phenoxy) is 1. The number of hydrogen-bond acceptors (Lipinski definition) is 3. The fraction of sp³-hybridized carbons (Fsp3) is 0.786. The molecular formula is C14H25N3O. The lowest BCUT2D eigenvalue weighted by atomic mass is 9.79. The third-order valence-corrected chi connectivity index (χ3v) is 4.16. The van der Waals surface area contributed by atoms with Gasteiger partial charge in [-0.05, 0) is 19.3 Å². The lowest BCUT2D eigenvalue weighted by molar-refractivity contribution is -0.0620. The maximum Gasteiger partial charge on any atom is 0.128 e. The fourth-order valence-corrected chi connectivity index (χ4v) is 3.06. The molecule has 0 aliphatic heterocycles. The molecule has 0 radical (unpaired) electrons. The van der Waals surface area contributed by atoms with E-state index in [1.807, 2.05) is 12.4 Å². The van der Waals surface area contributed by atoms with Crippen molar-refractivity contribution >= 4 is 0 Å². The van der Waals surface area contributed by atoms with Crippen LogP contribution >= 0.6 is 0 Å². The first-order valence-corrected chi connectivity index (χ1v) is 7.05. The number of aryl methyl sites for hydroxylation is 1. The van der Waals surface area contributed by atoms with Gasteiger partial charge in [0.2, 0.25) is 0 Å². The molecule has 0 aromatic carbocycles. The zero-order chi connectivity index (χ0) is 13.0. The van der Waals surface area contributed by atoms with E-state index >= 15 is 0 Å². The summed E-state index contributed by atoms with van der Waals surface area (Å²) in [5, 5.41) is 0. The van der Waals surface area contributed by atoms with Crippen LogP contribution in [-0.2, 0) is 11.3 Å². The molecule has 2 N–H and O–H groups in total. The van der Waals surface area contributed by atoms with E-state index in [1.165, 1.54) is 19.3 Å². The number of hydrogen-bond donors (Lipinski definition) is 1. The van der Waals surface area contributed by atoms with E-state index < -0.39 is 0 Å². The normalized spacial score (nSPS) is 20.8. The van der Waals surface area contributed by atoms with Crippen LogP contribution < -0.4 is 5.73 Å². The number of nitrogens with two attached hydrogens (primary N) is 1. The van der Waals surface area contributed by atoms with Gasteiger partial charge in [0.05, 0.1) is 11.6 Å². The fourth-order valence-electron chi connectivity index (χ4n) is 3.06. The highest BCUT2D eigenvalue weighted by atomic mass is 16.5. The van der Waals surface area contributed by atoms with Gasteiger partial charge < -0.3 is 15.0 Å². The molecule has 4 heteroatoms. The number of imidazole rings is 1. The molecule has 4 nitrogen and oxygen atoms in total. The second kappa shape index (κ2) is 5.85. The first-order chi connectivity index (χ1) is 8.73. The van der Waals surface area contributed by atoms with Gasteiger partial charge in [-0.1, -0.05) is 26.2 Å². The Kier molecular flexibility index (Phi) is 4.40. The van der Waals surface area contributed by atoms with E-state index in [0.29, 0.717) is 0 Å². The van der Waals surface area contributed by atoms with Gasteiger partial charge in [0.1, 0.15) is 5.82 Å². The molecule has 1 aromatic rings. The average molecular weight is 251 g/mol. The van der Waals surface area contributed by atoms with Crippen LogP contribution in [0.5, 0.6) is 0 Å². The maximum absolute atomic E-state index is 6.48. The highest BCUT2D eigenvalue weighted by Crippen LogP contribution is 2.39. The van der Waals surface area contributed by atoms with Gasteiger partial charge in [0.15, 0.2) is 0 Å². The van der Waals surface area contributed by atoms with Crippen LogP contribution in [0.1, 0.15) is 57.3 Å². The molecule has 1 unspecified atom stereocenters. The average Bonchev–Trinajstić information content (AvgIpc) is 2.87. The van der Waals surface area contributed by atoms with Crippen molar-refractivity contribution in [2.75, 3.05) is 7.11 Å². The summed E-state index contributed by atoms with van der Waals surface area (Å²) in [6, 6.07) is -0.121. The van der Waals surface area contributed by atoms with Crippen LogP contribution in [0.3, 0.4) is 0 Å². The molecule has 0 spiro atoms. The predicted octanol–water partition coefficient (Wildman–Crippen LogP) is 2.64. The number of aromatic nitrogens is 2. The molecule has 1 saturated carbocycles. The summed E-state index contributed by atoms with van der Waals surface area (Å²) in [5.41, 5.74) is 6.27. The minimum Gasteiger partial charge on any atom is -0.376 e. The first-order valence-electron chi connectivity index (χ1n) is 7.05. The smallest absolute Gasteiger partial charge is 0.128 e. The van der Waals surface area contributed by atoms with Crippen LogP contribution in [0.2, 0.25) is 0 Å². The van der Waals surface area contributed by atoms with Crippen molar-refractivity contribution in [1.29, 1.82) is 0 Å². The summed E-state index contributed by atoms with van der Waals surface area (Å²) in [6.45, 7) is 3.14. The van der Waals surface area contributed by atoms with Crippen molar-refractivity contribution < 1.29 is 4.74 Å². The van der Waals surface area contributed by atoms with Crippen LogP contribution in [-0.4, -0.2) is 22.3 Å². The van der Waals surface area contributed by atoms with Gasteiger partial charge in [0.25, 0.3) is 0 Å². The lowest BCUT2D eigenvalue weighted by Gasteiger charge is -2.40. The quantitative estimate of drug-likeness (QED) is 0.875. The Hall–Kier alpha value is -0.870. The minimum atomic E-state index is -0.213. The van der Waals surface area contributed by atoms with Crippen LogP contribution in [0.25, 0.3) is 0 Å². The third-order valence-electron chi connectivity index (χ3n) is 4.16. The van der Waals surface area contributed by atoms with E-state index in [0.717, 1.165) is 31.6 Å². The Balaban J connectivity index is 2.22. The molecule has 1 aliphatic rings. The van der Waals surface area contributed by atoms with E-state index in [4.69, 9.17) is 10.5 Å². The van der Waals surface area contributed by atoms with E-state index in [1.54, 1.807) is 7.11 Å². The number of rotatable bonds is 5. The predicted molar refractivity (Wildman–Crippen MR) is 72.3 cm³/mol. The van der Waals surface area contributed by atoms with E-state index in [9.17, 15) is 0 Å². The molecule has 0 amide bonds. The molecule has 1 atom stereocenters. The SMILES string of the molecule is CCCn1ccnc1C(N)C1(OC)CCCCC1. The Morgan fingerprint density at radius 1 is 1.44 bits per heavy atom. The van der Waals surface area contributed by atoms with Crippen molar-refractivity contribution in [2.45, 2.75) is 63.6 Å². The highest BCUT2D eigenvalue weighted by Gasteiger charge is 2.40. The summed E-state index contributed by atoms with van der Waals surface area (Å²) in [6.07, 6.45) is 10.7. The maximum atomic E-state index is 6.48. The molecule has 102 valence electrons. The van der Waals surface area contributed by atoms with Gasteiger partial charge >= 0.3 is 0 Å². The molecule has 0 saturated heterocycles. The first kappa shape index (κ1) is 13.6. The van der Waals surface area contributed by atoms with Crippen molar-refractivity contribution in [3.8, 4) is 0 Å². The van der Waals surface area contributed by atoms with Crippen molar-refractivity contribution in [3.63, 3.8) is 0 Å². The largest absolute Gasteiger partial charge is 0.376 e. The molecule has 1 fully saturated rings. The lowest BCUT2D eigenvalue weighted by Crippen LogP contribution is -2.45. The Morgan fingerprint density at radius 3 is 2.78 bits per heavy atom. The highest BCUT2D eigenvalue weighted by molar-refractivity contribution is 5.08. The summed E-state index contributed by atoms with van der Waals surface area (Å²) in [5.74, 6) is 0.973. The molecule has 1 heterocycles. The molecule has 2 rings (SSSR count). The van der Waals surface area contributed by atoms with Gasteiger partial charge in [-0.2, -0.15) is 0 Å². The third kappa shape index (κ3) is 2.45. The van der Waals surface area contributed by atoms with Gasteiger partial charge in [0, 0.05) is 26.0 Å². The second-order valence-corrected chi connectivity index (χ2v) is 5.29. The molecule has 18 heavy (non-hydrogen) atoms. The van der Waals surface area contributed by atoms with Crippen molar-refractivity contribution in [3.05, 3.63) is 18.2 Å².